The van der Waals surface area contributed by atoms with Crippen LogP contribution in [-0.2, 0) is 19.6 Å². The Labute approximate surface area is 206 Å². The number of nitrogens with zero attached hydrogens (tertiary/aromatic N) is 1. The van der Waals surface area contributed by atoms with E-state index in [1.54, 1.807) is 62.6 Å². The van der Waals surface area contributed by atoms with Gasteiger partial charge in [-0.2, -0.15) is 4.31 Å². The summed E-state index contributed by atoms with van der Waals surface area (Å²) in [4.78, 5) is 13.3. The van der Waals surface area contributed by atoms with Gasteiger partial charge in [-0.05, 0) is 55.7 Å². The maximum atomic E-state index is 14.3. The molecule has 1 aliphatic rings. The molecule has 7 heteroatoms. The summed E-state index contributed by atoms with van der Waals surface area (Å²) in [5.41, 5.74) is 2.72. The number of carbonyl (C=O) groups excluding carboxylic acids is 1. The van der Waals surface area contributed by atoms with Crippen molar-refractivity contribution in [2.24, 2.45) is 0 Å². The molecule has 182 valence electrons. The monoisotopic (exact) mass is 491 g/mol. The number of benzene rings is 3. The summed E-state index contributed by atoms with van der Waals surface area (Å²) in [7, 11) is -2.48. The van der Waals surface area contributed by atoms with E-state index in [2.05, 4.69) is 0 Å². The first-order chi connectivity index (χ1) is 16.9. The summed E-state index contributed by atoms with van der Waals surface area (Å²) in [5, 5.41) is 0. The van der Waals surface area contributed by atoms with Gasteiger partial charge in [0.05, 0.1) is 36.3 Å². The molecule has 4 rings (SSSR count). The van der Waals surface area contributed by atoms with E-state index in [-0.39, 0.29) is 11.5 Å². The lowest BCUT2D eigenvalue weighted by atomic mass is 9.89. The van der Waals surface area contributed by atoms with Gasteiger partial charge in [0.2, 0.25) is 10.0 Å². The lowest BCUT2D eigenvalue weighted by molar-refractivity contribution is -0.139. The van der Waals surface area contributed by atoms with Gasteiger partial charge in [0.15, 0.2) is 0 Å². The van der Waals surface area contributed by atoms with Crippen LogP contribution >= 0.6 is 0 Å². The summed E-state index contributed by atoms with van der Waals surface area (Å²) < 4.78 is 40.7. The molecule has 0 aliphatic carbocycles. The van der Waals surface area contributed by atoms with Crippen molar-refractivity contribution in [3.05, 3.63) is 107 Å². The fourth-order valence-electron chi connectivity index (χ4n) is 4.42. The van der Waals surface area contributed by atoms with Crippen LogP contribution in [0.5, 0.6) is 5.75 Å². The van der Waals surface area contributed by atoms with Crippen molar-refractivity contribution in [2.75, 3.05) is 13.7 Å². The number of hydrogen-bond acceptors (Lipinski definition) is 5. The normalized spacial score (nSPS) is 18.5. The average molecular weight is 492 g/mol. The topological polar surface area (TPSA) is 72.9 Å². The van der Waals surface area contributed by atoms with Crippen LogP contribution in [0.25, 0.3) is 0 Å². The Morgan fingerprint density at radius 2 is 1.66 bits per heavy atom. The van der Waals surface area contributed by atoms with E-state index >= 15 is 0 Å². The van der Waals surface area contributed by atoms with Gasteiger partial charge in [-0.1, -0.05) is 66.2 Å². The fourth-order valence-corrected chi connectivity index (χ4v) is 6.19. The number of hydrogen-bond donors (Lipinski definition) is 0. The molecule has 0 bridgehead atoms. The summed E-state index contributed by atoms with van der Waals surface area (Å²) in [6.45, 7) is 3.83. The zero-order chi connectivity index (χ0) is 25.0. The predicted molar refractivity (Wildman–Crippen MR) is 134 cm³/mol. The molecular formula is C28H29NO5S. The molecule has 0 amide bonds. The molecule has 3 aromatic rings. The Balaban J connectivity index is 1.97. The van der Waals surface area contributed by atoms with Crippen LogP contribution in [0.15, 0.2) is 95.4 Å². The number of esters is 1. The smallest absolute Gasteiger partial charge is 0.335 e. The van der Waals surface area contributed by atoms with E-state index in [1.807, 2.05) is 43.3 Å². The number of aryl methyl sites for hydroxylation is 1. The van der Waals surface area contributed by atoms with Crippen molar-refractivity contribution >= 4 is 16.0 Å². The molecule has 0 spiro atoms. The van der Waals surface area contributed by atoms with Gasteiger partial charge in [-0.3, -0.25) is 0 Å². The lowest BCUT2D eigenvalue weighted by Crippen LogP contribution is -2.42. The van der Waals surface area contributed by atoms with Gasteiger partial charge in [0, 0.05) is 0 Å². The molecule has 0 radical (unpaired) electrons. The molecule has 1 aliphatic heterocycles. The number of sulfonamides is 1. The lowest BCUT2D eigenvalue weighted by Gasteiger charge is -2.41. The molecule has 1 heterocycles. The van der Waals surface area contributed by atoms with Gasteiger partial charge in [0.1, 0.15) is 5.75 Å². The second-order valence-electron chi connectivity index (χ2n) is 8.37. The third-order valence-electron chi connectivity index (χ3n) is 6.12. The van der Waals surface area contributed by atoms with Crippen LogP contribution in [-0.4, -0.2) is 32.4 Å². The zero-order valence-electron chi connectivity index (χ0n) is 20.0. The maximum Gasteiger partial charge on any atom is 0.335 e. The highest BCUT2D eigenvalue weighted by Crippen LogP contribution is 2.46. The average Bonchev–Trinajstić information content (AvgIpc) is 2.88. The van der Waals surface area contributed by atoms with Gasteiger partial charge >= 0.3 is 5.97 Å². The van der Waals surface area contributed by atoms with Crippen LogP contribution in [0, 0.1) is 6.92 Å². The van der Waals surface area contributed by atoms with Crippen molar-refractivity contribution in [1.82, 2.24) is 4.31 Å². The molecule has 0 aromatic heterocycles. The molecule has 0 fully saturated rings. The van der Waals surface area contributed by atoms with Crippen LogP contribution < -0.4 is 4.74 Å². The molecule has 0 saturated carbocycles. The van der Waals surface area contributed by atoms with Crippen LogP contribution in [0.2, 0.25) is 0 Å². The number of ether oxygens (including phenoxy) is 2. The van der Waals surface area contributed by atoms with Gasteiger partial charge in [0.25, 0.3) is 0 Å². The highest BCUT2D eigenvalue weighted by molar-refractivity contribution is 7.89. The summed E-state index contributed by atoms with van der Waals surface area (Å²) in [6, 6.07) is 22.0. The molecule has 2 atom stereocenters. The van der Waals surface area contributed by atoms with E-state index in [0.29, 0.717) is 23.3 Å². The van der Waals surface area contributed by atoms with Crippen molar-refractivity contribution in [3.63, 3.8) is 0 Å². The first-order valence-corrected chi connectivity index (χ1v) is 13.0. The minimum atomic E-state index is -4.03. The summed E-state index contributed by atoms with van der Waals surface area (Å²) >= 11 is 0. The third kappa shape index (κ3) is 5.01. The van der Waals surface area contributed by atoms with Crippen molar-refractivity contribution < 1.29 is 22.7 Å². The first kappa shape index (κ1) is 24.7. The second kappa shape index (κ2) is 10.5. The fraction of sp³-hybridized carbons (Fsp3) is 0.250. The third-order valence-corrected chi connectivity index (χ3v) is 8.01. The molecule has 0 N–H and O–H groups in total. The van der Waals surface area contributed by atoms with E-state index in [0.717, 1.165) is 11.1 Å². The van der Waals surface area contributed by atoms with Crippen molar-refractivity contribution in [2.45, 2.75) is 37.2 Å². The minimum Gasteiger partial charge on any atom is -0.497 e. The van der Waals surface area contributed by atoms with E-state index < -0.39 is 28.1 Å². The summed E-state index contributed by atoms with van der Waals surface area (Å²) in [5.74, 6) is 0.0381. The van der Waals surface area contributed by atoms with Crippen LogP contribution in [0.1, 0.15) is 42.1 Å². The highest BCUT2D eigenvalue weighted by atomic mass is 32.2. The first-order valence-electron chi connectivity index (χ1n) is 11.5. The molecule has 35 heavy (non-hydrogen) atoms. The predicted octanol–water partition coefficient (Wildman–Crippen LogP) is 5.37. The Hall–Kier alpha value is -3.42. The largest absolute Gasteiger partial charge is 0.497 e. The standard InChI is InChI=1S/C28H29NO5S/c1-4-34-28(30)25-17-18-26(21-9-6-5-7-10-21)29(27(25)22-11-8-12-23(19-22)33-3)35(31,32)24-15-13-20(2)14-16-24/h5-17,19,26-27H,4,18H2,1-3H3/t26-,27-/m0/s1. The Morgan fingerprint density at radius 1 is 0.971 bits per heavy atom. The molecular weight excluding hydrogens is 462 g/mol. The SMILES string of the molecule is CCOC(=O)C1=CC[C@@H](c2ccccc2)N(S(=O)(=O)c2ccc(C)cc2)[C@H]1c1cccc(OC)c1. The van der Waals surface area contributed by atoms with Crippen molar-refractivity contribution in [1.29, 1.82) is 0 Å². The van der Waals surface area contributed by atoms with Gasteiger partial charge < -0.3 is 9.47 Å². The van der Waals surface area contributed by atoms with E-state index in [4.69, 9.17) is 9.47 Å². The Morgan fingerprint density at radius 3 is 2.31 bits per heavy atom. The number of rotatable bonds is 7. The molecule has 3 aromatic carbocycles. The quantitative estimate of drug-likeness (QED) is 0.416. The molecule has 0 unspecified atom stereocenters. The number of carbonyl (C=O) groups is 1. The van der Waals surface area contributed by atoms with Gasteiger partial charge in [-0.15, -0.1) is 0 Å². The van der Waals surface area contributed by atoms with E-state index in [1.165, 1.54) is 4.31 Å². The minimum absolute atomic E-state index is 0.169. The Kier molecular flexibility index (Phi) is 7.38. The van der Waals surface area contributed by atoms with E-state index in [9.17, 15) is 13.2 Å². The number of methoxy groups -OCH3 is 1. The van der Waals surface area contributed by atoms with Crippen LogP contribution in [0.3, 0.4) is 0 Å². The zero-order valence-corrected chi connectivity index (χ0v) is 20.9. The van der Waals surface area contributed by atoms with Gasteiger partial charge in [-0.25, -0.2) is 13.2 Å². The summed E-state index contributed by atoms with van der Waals surface area (Å²) in [6.07, 6.45) is 2.14. The van der Waals surface area contributed by atoms with Crippen LogP contribution in [0.4, 0.5) is 0 Å². The highest BCUT2D eigenvalue weighted by Gasteiger charge is 2.45. The molecule has 6 nitrogen and oxygen atoms in total. The van der Waals surface area contributed by atoms with Crippen molar-refractivity contribution in [3.8, 4) is 5.75 Å². The molecule has 0 saturated heterocycles. The maximum absolute atomic E-state index is 14.3. The Bertz CT molecular complexity index is 1320. The second-order valence-corrected chi connectivity index (χ2v) is 10.2.